The van der Waals surface area contributed by atoms with Gasteiger partial charge in [-0.3, -0.25) is 0 Å². The highest BCUT2D eigenvalue weighted by atomic mass is 14.9. The lowest BCUT2D eigenvalue weighted by molar-refractivity contribution is 1.54. The summed E-state index contributed by atoms with van der Waals surface area (Å²) in [7, 11) is 0. The first-order valence-electron chi connectivity index (χ1n) is 13.5. The van der Waals surface area contributed by atoms with Crippen LogP contribution >= 0.6 is 0 Å². The first kappa shape index (κ1) is 25.0. The van der Waals surface area contributed by atoms with E-state index in [4.69, 9.17) is 0 Å². The number of benzene rings is 6. The average molecular weight is 515 g/mol. The van der Waals surface area contributed by atoms with Gasteiger partial charge in [0, 0.05) is 33.5 Å². The fraction of sp³-hybridized carbons (Fsp3) is 0. The Kier molecular flexibility index (Phi) is 7.50. The van der Waals surface area contributed by atoms with Crippen molar-refractivity contribution >= 4 is 57.8 Å². The number of rotatable bonds is 8. The second-order valence-corrected chi connectivity index (χ2v) is 9.69. The third kappa shape index (κ3) is 6.20. The van der Waals surface area contributed by atoms with Crippen LogP contribution in [0.4, 0.5) is 22.7 Å². The normalized spacial score (nSPS) is 11.3. The summed E-state index contributed by atoms with van der Waals surface area (Å²) in [5.74, 6) is 0. The van der Waals surface area contributed by atoms with Gasteiger partial charge in [0.15, 0.2) is 0 Å². The minimum atomic E-state index is 1.06. The van der Waals surface area contributed by atoms with Gasteiger partial charge in [0.25, 0.3) is 0 Å². The predicted octanol–water partition coefficient (Wildman–Crippen LogP) is 10.7. The molecule has 0 spiro atoms. The smallest absolute Gasteiger partial charge is 0.0465 e. The average Bonchev–Trinajstić information content (AvgIpc) is 3.02. The van der Waals surface area contributed by atoms with Gasteiger partial charge in [0.1, 0.15) is 0 Å². The van der Waals surface area contributed by atoms with Crippen molar-refractivity contribution in [1.29, 1.82) is 0 Å². The number of fused-ring (bicyclic) bond motifs is 1. The Morgan fingerprint density at radius 1 is 0.300 bits per heavy atom. The Morgan fingerprint density at radius 3 is 1.00 bits per heavy atom. The summed E-state index contributed by atoms with van der Waals surface area (Å²) in [5, 5.41) is 9.57. The fourth-order valence-electron chi connectivity index (χ4n) is 4.70. The van der Waals surface area contributed by atoms with Crippen LogP contribution < -0.4 is 10.6 Å². The van der Waals surface area contributed by atoms with E-state index in [2.05, 4.69) is 168 Å². The van der Waals surface area contributed by atoms with Crippen molar-refractivity contribution in [3.63, 3.8) is 0 Å². The molecule has 6 aromatic rings. The van der Waals surface area contributed by atoms with E-state index in [-0.39, 0.29) is 0 Å². The Morgan fingerprint density at radius 2 is 0.625 bits per heavy atom. The number of hydrogen-bond acceptors (Lipinski definition) is 2. The molecule has 6 aromatic carbocycles. The monoisotopic (exact) mass is 514 g/mol. The van der Waals surface area contributed by atoms with Crippen LogP contribution in [0.5, 0.6) is 0 Å². The number of hydrogen-bond donors (Lipinski definition) is 2. The van der Waals surface area contributed by atoms with Gasteiger partial charge in [-0.15, -0.1) is 0 Å². The molecule has 40 heavy (non-hydrogen) atoms. The van der Waals surface area contributed by atoms with E-state index in [1.54, 1.807) is 0 Å². The van der Waals surface area contributed by atoms with Crippen molar-refractivity contribution in [1.82, 2.24) is 0 Å². The van der Waals surface area contributed by atoms with Crippen molar-refractivity contribution in [2.24, 2.45) is 0 Å². The van der Waals surface area contributed by atoms with Gasteiger partial charge in [0.05, 0.1) is 0 Å². The highest BCUT2D eigenvalue weighted by molar-refractivity contribution is 6.03. The van der Waals surface area contributed by atoms with Gasteiger partial charge in [-0.2, -0.15) is 0 Å². The largest absolute Gasteiger partial charge is 0.355 e. The topological polar surface area (TPSA) is 24.1 Å². The van der Waals surface area contributed by atoms with Crippen LogP contribution in [0.15, 0.2) is 146 Å². The molecular formula is C38H30N2. The van der Waals surface area contributed by atoms with Crippen LogP contribution in [0.3, 0.4) is 0 Å². The van der Waals surface area contributed by atoms with E-state index in [9.17, 15) is 0 Å². The minimum Gasteiger partial charge on any atom is -0.355 e. The predicted molar refractivity (Wildman–Crippen MR) is 174 cm³/mol. The molecule has 0 saturated carbocycles. The molecule has 0 saturated heterocycles. The molecule has 0 radical (unpaired) electrons. The molecule has 0 atom stereocenters. The Labute approximate surface area is 236 Å². The number of anilines is 4. The third-order valence-corrected chi connectivity index (χ3v) is 6.84. The van der Waals surface area contributed by atoms with Gasteiger partial charge in [0.2, 0.25) is 0 Å². The maximum atomic E-state index is 3.61. The van der Waals surface area contributed by atoms with E-state index >= 15 is 0 Å². The van der Waals surface area contributed by atoms with Gasteiger partial charge in [-0.05, 0) is 58.7 Å². The van der Waals surface area contributed by atoms with Crippen LogP contribution in [0.1, 0.15) is 22.3 Å². The highest BCUT2D eigenvalue weighted by Crippen LogP contribution is 2.33. The molecular weight excluding hydrogens is 484 g/mol. The Balaban J connectivity index is 1.17. The van der Waals surface area contributed by atoms with E-state index in [1.807, 2.05) is 12.1 Å². The molecule has 0 aliphatic heterocycles. The molecule has 0 bridgehead atoms. The van der Waals surface area contributed by atoms with Gasteiger partial charge < -0.3 is 10.6 Å². The fourth-order valence-corrected chi connectivity index (χ4v) is 4.70. The maximum absolute atomic E-state index is 3.61. The molecule has 2 heteroatoms. The molecule has 2 nitrogen and oxygen atoms in total. The maximum Gasteiger partial charge on any atom is 0.0465 e. The summed E-state index contributed by atoms with van der Waals surface area (Å²) in [6.45, 7) is 0. The van der Waals surface area contributed by atoms with Crippen LogP contribution in [0.25, 0.3) is 35.1 Å². The zero-order chi connectivity index (χ0) is 27.0. The Bertz CT molecular complexity index is 1620. The van der Waals surface area contributed by atoms with Crippen molar-refractivity contribution in [2.75, 3.05) is 10.6 Å². The number of nitrogens with one attached hydrogen (secondary N) is 2. The highest BCUT2D eigenvalue weighted by Gasteiger charge is 2.07. The van der Waals surface area contributed by atoms with Crippen LogP contribution in [-0.4, -0.2) is 0 Å². The van der Waals surface area contributed by atoms with Crippen molar-refractivity contribution in [3.8, 4) is 0 Å². The summed E-state index contributed by atoms with van der Waals surface area (Å²) >= 11 is 0. The van der Waals surface area contributed by atoms with Crippen molar-refractivity contribution in [3.05, 3.63) is 168 Å². The molecule has 0 amide bonds. The first-order valence-corrected chi connectivity index (χ1v) is 13.5. The van der Waals surface area contributed by atoms with E-state index in [1.165, 1.54) is 33.0 Å². The summed E-state index contributed by atoms with van der Waals surface area (Å²) in [6.07, 6.45) is 8.55. The van der Waals surface area contributed by atoms with Crippen LogP contribution in [0, 0.1) is 0 Å². The van der Waals surface area contributed by atoms with Crippen molar-refractivity contribution in [2.45, 2.75) is 0 Å². The zero-order valence-electron chi connectivity index (χ0n) is 22.2. The first-order chi connectivity index (χ1) is 19.8. The summed E-state index contributed by atoms with van der Waals surface area (Å²) in [5.41, 5.74) is 9.00. The standard InChI is InChI=1S/C38H30N2/c1-3-9-29(10-4-1)15-17-31-19-23-33(24-20-31)39-37-27-28-38(36-14-8-7-13-35(36)37)40-34-25-21-32(22-26-34)18-16-30-11-5-2-6-12-30/h1-28,39-40H. The second-order valence-electron chi connectivity index (χ2n) is 9.69. The summed E-state index contributed by atoms with van der Waals surface area (Å²) in [4.78, 5) is 0. The van der Waals surface area contributed by atoms with Crippen molar-refractivity contribution < 1.29 is 0 Å². The van der Waals surface area contributed by atoms with E-state index < -0.39 is 0 Å². The molecule has 0 unspecified atom stereocenters. The van der Waals surface area contributed by atoms with Gasteiger partial charge >= 0.3 is 0 Å². The molecule has 0 fully saturated rings. The molecule has 0 aromatic heterocycles. The second kappa shape index (κ2) is 12.0. The zero-order valence-corrected chi connectivity index (χ0v) is 22.2. The molecule has 0 aliphatic rings. The lowest BCUT2D eigenvalue weighted by Gasteiger charge is -2.15. The SMILES string of the molecule is C(=Cc1ccc(Nc2ccc(Nc3ccc(C=Cc4ccccc4)cc3)c3ccccc23)cc1)c1ccccc1. The molecule has 0 heterocycles. The quantitative estimate of drug-likeness (QED) is 0.197. The summed E-state index contributed by atoms with van der Waals surface area (Å²) in [6, 6.07) is 50.6. The molecule has 6 rings (SSSR count). The lowest BCUT2D eigenvalue weighted by Crippen LogP contribution is -1.95. The lowest BCUT2D eigenvalue weighted by atomic mass is 10.1. The third-order valence-electron chi connectivity index (χ3n) is 6.84. The van der Waals surface area contributed by atoms with E-state index in [0.29, 0.717) is 0 Å². The van der Waals surface area contributed by atoms with Gasteiger partial charge in [-0.1, -0.05) is 133 Å². The molecule has 192 valence electrons. The van der Waals surface area contributed by atoms with Crippen LogP contribution in [-0.2, 0) is 0 Å². The molecule has 0 aliphatic carbocycles. The van der Waals surface area contributed by atoms with E-state index in [0.717, 1.165) is 22.7 Å². The Hall–Kier alpha value is -5.34. The molecule has 2 N–H and O–H groups in total. The summed E-state index contributed by atoms with van der Waals surface area (Å²) < 4.78 is 0. The van der Waals surface area contributed by atoms with Crippen LogP contribution in [0.2, 0.25) is 0 Å². The van der Waals surface area contributed by atoms with Gasteiger partial charge in [-0.25, -0.2) is 0 Å². The minimum absolute atomic E-state index is 1.06.